The van der Waals surface area contributed by atoms with Gasteiger partial charge in [0.2, 0.25) is 5.88 Å². The van der Waals surface area contributed by atoms with Crippen molar-refractivity contribution < 1.29 is 14.6 Å². The fourth-order valence-electron chi connectivity index (χ4n) is 3.59. The molecule has 0 spiro atoms. The number of nitriles is 1. The Labute approximate surface area is 157 Å². The molecule has 0 aromatic carbocycles. The highest BCUT2D eigenvalue weighted by atomic mass is 16.5. The lowest BCUT2D eigenvalue weighted by Crippen LogP contribution is -2.34. The number of nitrogens with zero attached hydrogens (tertiary/aromatic N) is 6. The Bertz CT molecular complexity index is 873. The highest BCUT2D eigenvalue weighted by Crippen LogP contribution is 2.29. The molecule has 2 aliphatic rings. The predicted molar refractivity (Wildman–Crippen MR) is 95.2 cm³/mol. The average molecular weight is 370 g/mol. The normalized spacial score (nSPS) is 18.2. The van der Waals surface area contributed by atoms with Gasteiger partial charge in [0, 0.05) is 43.9 Å². The van der Waals surface area contributed by atoms with Gasteiger partial charge in [-0.25, -0.2) is 4.98 Å². The molecule has 0 saturated heterocycles. The van der Waals surface area contributed by atoms with Crippen LogP contribution in [0.2, 0.25) is 0 Å². The number of aromatic nitrogens is 4. The van der Waals surface area contributed by atoms with Gasteiger partial charge < -0.3 is 9.84 Å². The Hall–Kier alpha value is -2.99. The van der Waals surface area contributed by atoms with Crippen molar-refractivity contribution in [3.8, 4) is 11.9 Å². The van der Waals surface area contributed by atoms with Crippen molar-refractivity contribution in [3.05, 3.63) is 34.5 Å². The highest BCUT2D eigenvalue weighted by molar-refractivity contribution is 5.34. The maximum Gasteiger partial charge on any atom is 0.290 e. The summed E-state index contributed by atoms with van der Waals surface area (Å²) < 4.78 is 8.02. The van der Waals surface area contributed by atoms with Gasteiger partial charge in [-0.2, -0.15) is 15.3 Å². The van der Waals surface area contributed by atoms with Crippen molar-refractivity contribution in [3.63, 3.8) is 0 Å². The summed E-state index contributed by atoms with van der Waals surface area (Å²) in [6, 6.07) is 4.02. The van der Waals surface area contributed by atoms with E-state index >= 15 is 0 Å². The molecule has 0 fully saturated rings. The smallest absolute Gasteiger partial charge is 0.290 e. The molecule has 4 heterocycles. The largest absolute Gasteiger partial charge is 0.483 e. The summed E-state index contributed by atoms with van der Waals surface area (Å²) in [6.45, 7) is 7.19. The second-order valence-corrected chi connectivity index (χ2v) is 6.63. The molecule has 27 heavy (non-hydrogen) atoms. The Morgan fingerprint density at radius 3 is 2.93 bits per heavy atom. The van der Waals surface area contributed by atoms with Crippen molar-refractivity contribution in [2.75, 3.05) is 13.1 Å². The molecule has 0 radical (unpaired) electrons. The third-order valence-corrected chi connectivity index (χ3v) is 4.67. The van der Waals surface area contributed by atoms with E-state index in [1.54, 1.807) is 0 Å². The zero-order valence-electron chi connectivity index (χ0n) is 15.4. The topological polar surface area (TPSA) is 117 Å². The molecule has 1 unspecified atom stereocenters. The number of carbonyl (C=O) groups is 1. The highest BCUT2D eigenvalue weighted by Gasteiger charge is 2.29. The molecule has 2 aliphatic heterocycles. The van der Waals surface area contributed by atoms with Crippen LogP contribution in [0, 0.1) is 25.2 Å². The van der Waals surface area contributed by atoms with E-state index in [2.05, 4.69) is 26.0 Å². The standard InChI is InChI=1S/C17H20N6O.CH2O2/c1-11-16-7-15(24-17(16)20-12(2)19-11)10-22-4-3-5-23-14(9-22)6-13(8-18)21-23;2-1-3/h6,15H,3-5,7,9-10H2,1-2H3;1H,(H,2,3). The lowest BCUT2D eigenvalue weighted by molar-refractivity contribution is -0.122. The van der Waals surface area contributed by atoms with Gasteiger partial charge in [-0.1, -0.05) is 0 Å². The summed E-state index contributed by atoms with van der Waals surface area (Å²) in [5.74, 6) is 1.51. The van der Waals surface area contributed by atoms with Crippen LogP contribution in [-0.4, -0.2) is 55.4 Å². The molecule has 9 heteroatoms. The molecule has 2 aromatic heterocycles. The minimum atomic E-state index is -0.250. The molecule has 1 atom stereocenters. The van der Waals surface area contributed by atoms with Crippen LogP contribution < -0.4 is 4.74 Å². The van der Waals surface area contributed by atoms with Gasteiger partial charge in [0.1, 0.15) is 18.0 Å². The van der Waals surface area contributed by atoms with Crippen molar-refractivity contribution in [2.45, 2.75) is 45.9 Å². The third-order valence-electron chi connectivity index (χ3n) is 4.67. The number of hydrogen-bond acceptors (Lipinski definition) is 7. The Morgan fingerprint density at radius 2 is 2.19 bits per heavy atom. The quantitative estimate of drug-likeness (QED) is 0.780. The molecule has 0 bridgehead atoms. The second-order valence-electron chi connectivity index (χ2n) is 6.63. The van der Waals surface area contributed by atoms with E-state index in [1.165, 1.54) is 0 Å². The second kappa shape index (κ2) is 8.14. The molecule has 0 saturated carbocycles. The summed E-state index contributed by atoms with van der Waals surface area (Å²) in [5, 5.41) is 20.2. The van der Waals surface area contributed by atoms with E-state index in [1.807, 2.05) is 24.6 Å². The van der Waals surface area contributed by atoms with Gasteiger partial charge >= 0.3 is 0 Å². The zero-order valence-corrected chi connectivity index (χ0v) is 15.4. The predicted octanol–water partition coefficient (Wildman–Crippen LogP) is 1.07. The maximum absolute atomic E-state index is 9.03. The summed E-state index contributed by atoms with van der Waals surface area (Å²) >= 11 is 0. The lowest BCUT2D eigenvalue weighted by atomic mass is 10.1. The number of carboxylic acid groups (broad SMARTS) is 1. The monoisotopic (exact) mass is 370 g/mol. The molecule has 2 aromatic rings. The van der Waals surface area contributed by atoms with E-state index < -0.39 is 0 Å². The van der Waals surface area contributed by atoms with Crippen molar-refractivity contribution in [1.29, 1.82) is 5.26 Å². The molecule has 0 aliphatic carbocycles. The van der Waals surface area contributed by atoms with Gasteiger partial charge in [0.25, 0.3) is 6.47 Å². The number of rotatable bonds is 2. The first-order valence-corrected chi connectivity index (χ1v) is 8.81. The first kappa shape index (κ1) is 18.8. The molecule has 4 rings (SSSR count). The van der Waals surface area contributed by atoms with Crippen LogP contribution >= 0.6 is 0 Å². The molecule has 142 valence electrons. The number of fused-ring (bicyclic) bond motifs is 2. The van der Waals surface area contributed by atoms with E-state index in [0.717, 1.165) is 67.7 Å². The minimum absolute atomic E-state index is 0.111. The number of hydrogen-bond donors (Lipinski definition) is 1. The Balaban J connectivity index is 0.000000659. The molecule has 1 N–H and O–H groups in total. The summed E-state index contributed by atoms with van der Waals surface area (Å²) in [7, 11) is 0. The molecule has 9 nitrogen and oxygen atoms in total. The summed E-state index contributed by atoms with van der Waals surface area (Å²) in [5.41, 5.74) is 3.76. The first-order valence-electron chi connectivity index (χ1n) is 8.81. The van der Waals surface area contributed by atoms with Crippen LogP contribution in [0.15, 0.2) is 6.07 Å². The van der Waals surface area contributed by atoms with Crippen LogP contribution in [0.1, 0.15) is 34.9 Å². The van der Waals surface area contributed by atoms with Crippen molar-refractivity contribution >= 4 is 6.47 Å². The van der Waals surface area contributed by atoms with Crippen molar-refractivity contribution in [2.24, 2.45) is 0 Å². The molecular weight excluding hydrogens is 348 g/mol. The Morgan fingerprint density at radius 1 is 1.41 bits per heavy atom. The Kier molecular flexibility index (Phi) is 5.66. The van der Waals surface area contributed by atoms with Crippen molar-refractivity contribution in [1.82, 2.24) is 24.6 Å². The average Bonchev–Trinajstić information content (AvgIpc) is 3.14. The van der Waals surface area contributed by atoms with Crippen LogP contribution in [-0.2, 0) is 24.3 Å². The summed E-state index contributed by atoms with van der Waals surface area (Å²) in [4.78, 5) is 19.6. The lowest BCUT2D eigenvalue weighted by Gasteiger charge is -2.22. The van der Waals surface area contributed by atoms with Crippen LogP contribution in [0.25, 0.3) is 0 Å². The first-order chi connectivity index (χ1) is 13.0. The van der Waals surface area contributed by atoms with E-state index in [0.29, 0.717) is 5.69 Å². The fraction of sp³-hybridized carbons (Fsp3) is 0.500. The van der Waals surface area contributed by atoms with Crippen LogP contribution in [0.4, 0.5) is 0 Å². The van der Waals surface area contributed by atoms with Gasteiger partial charge in [0.15, 0.2) is 5.69 Å². The van der Waals surface area contributed by atoms with Gasteiger partial charge in [-0.15, -0.1) is 0 Å². The van der Waals surface area contributed by atoms with E-state index in [-0.39, 0.29) is 12.6 Å². The van der Waals surface area contributed by atoms with E-state index in [9.17, 15) is 0 Å². The minimum Gasteiger partial charge on any atom is -0.483 e. The van der Waals surface area contributed by atoms with Gasteiger partial charge in [-0.05, 0) is 26.3 Å². The van der Waals surface area contributed by atoms with Gasteiger partial charge in [0.05, 0.1) is 5.69 Å². The maximum atomic E-state index is 9.03. The van der Waals surface area contributed by atoms with Crippen LogP contribution in [0.5, 0.6) is 5.88 Å². The van der Waals surface area contributed by atoms with E-state index in [4.69, 9.17) is 19.9 Å². The SMILES string of the molecule is Cc1nc(C)c2c(n1)OC(CN1CCCn3nc(C#N)cc3C1)C2.O=CO. The third kappa shape index (κ3) is 4.23. The summed E-state index contributed by atoms with van der Waals surface area (Å²) in [6.07, 6.45) is 2.00. The van der Waals surface area contributed by atoms with Crippen LogP contribution in [0.3, 0.4) is 0 Å². The molecular formula is C18H22N6O3. The zero-order chi connectivity index (χ0) is 19.4. The number of aryl methyl sites for hydroxylation is 3. The number of ether oxygens (including phenoxy) is 1. The van der Waals surface area contributed by atoms with Gasteiger partial charge in [-0.3, -0.25) is 14.4 Å². The molecule has 0 amide bonds. The fourth-order valence-corrected chi connectivity index (χ4v) is 3.59.